The average molecular weight is 314 g/mol. The van der Waals surface area contributed by atoms with Crippen LogP contribution in [0.25, 0.3) is 5.69 Å². The summed E-state index contributed by atoms with van der Waals surface area (Å²) in [4.78, 5) is 4.55. The molecule has 1 fully saturated rings. The molecule has 1 aromatic carbocycles. The van der Waals surface area contributed by atoms with Crippen LogP contribution in [0.2, 0.25) is 0 Å². The zero-order chi connectivity index (χ0) is 16.8. The molecule has 3 rings (SSSR count). The van der Waals surface area contributed by atoms with Crippen molar-refractivity contribution in [2.75, 3.05) is 7.11 Å². The van der Waals surface area contributed by atoms with Gasteiger partial charge in [-0.1, -0.05) is 18.2 Å². The molecule has 1 aliphatic heterocycles. The van der Waals surface area contributed by atoms with Crippen molar-refractivity contribution in [1.29, 1.82) is 0 Å². The molecule has 0 bridgehead atoms. The van der Waals surface area contributed by atoms with Crippen molar-refractivity contribution in [3.63, 3.8) is 0 Å². The van der Waals surface area contributed by atoms with Crippen molar-refractivity contribution in [3.8, 4) is 11.7 Å². The Labute approximate surface area is 137 Å². The van der Waals surface area contributed by atoms with Crippen LogP contribution in [0.4, 0.5) is 0 Å². The Balaban J connectivity index is 2.00. The van der Waals surface area contributed by atoms with Crippen LogP contribution in [0.3, 0.4) is 0 Å². The lowest BCUT2D eigenvalue weighted by molar-refractivity contribution is 0.00578. The first-order valence-electron chi connectivity index (χ1n) is 7.80. The number of hydrogen-bond acceptors (Lipinski definition) is 4. The number of ether oxygens (including phenoxy) is 1. The summed E-state index contributed by atoms with van der Waals surface area (Å²) in [6.07, 6.45) is 1.92. The van der Waals surface area contributed by atoms with E-state index in [4.69, 9.17) is 14.0 Å². The molecule has 0 unspecified atom stereocenters. The van der Waals surface area contributed by atoms with Crippen molar-refractivity contribution in [3.05, 3.63) is 36.0 Å². The first-order chi connectivity index (χ1) is 10.7. The summed E-state index contributed by atoms with van der Waals surface area (Å²) >= 11 is 0. The highest BCUT2D eigenvalue weighted by Crippen LogP contribution is 2.36. The number of methoxy groups -OCH3 is 1. The zero-order valence-electron chi connectivity index (χ0n) is 14.6. The van der Waals surface area contributed by atoms with Gasteiger partial charge in [0, 0.05) is 6.20 Å². The molecule has 23 heavy (non-hydrogen) atoms. The lowest BCUT2D eigenvalue weighted by atomic mass is 9.86. The molecular weight excluding hydrogens is 291 g/mol. The molecular formula is C17H23BN2O3. The normalized spacial score (nSPS) is 19.1. The number of rotatable bonds is 3. The number of aromatic nitrogens is 2. The second-order valence-electron chi connectivity index (χ2n) is 6.90. The Morgan fingerprint density at radius 3 is 2.26 bits per heavy atom. The monoisotopic (exact) mass is 314 g/mol. The van der Waals surface area contributed by atoms with E-state index in [1.807, 2.05) is 56.7 Å². The molecule has 1 aliphatic rings. The first kappa shape index (κ1) is 16.1. The van der Waals surface area contributed by atoms with Crippen LogP contribution in [0.5, 0.6) is 6.01 Å². The van der Waals surface area contributed by atoms with Gasteiger partial charge in [0.05, 0.1) is 29.6 Å². The lowest BCUT2D eigenvalue weighted by Gasteiger charge is -2.32. The van der Waals surface area contributed by atoms with Crippen molar-refractivity contribution >= 4 is 12.7 Å². The van der Waals surface area contributed by atoms with E-state index in [0.29, 0.717) is 11.6 Å². The molecule has 0 amide bonds. The van der Waals surface area contributed by atoms with Gasteiger partial charge in [-0.15, -0.1) is 0 Å². The minimum Gasteiger partial charge on any atom is -0.468 e. The zero-order valence-corrected chi connectivity index (χ0v) is 14.6. The molecule has 0 spiro atoms. The predicted molar refractivity (Wildman–Crippen MR) is 90.6 cm³/mol. The van der Waals surface area contributed by atoms with Gasteiger partial charge < -0.3 is 14.0 Å². The molecule has 122 valence electrons. The summed E-state index contributed by atoms with van der Waals surface area (Å²) in [5.74, 6) is 0. The number of imidazole rings is 1. The number of para-hydroxylation sites is 1. The number of benzene rings is 1. The van der Waals surface area contributed by atoms with Gasteiger partial charge in [0.1, 0.15) is 0 Å². The molecule has 0 radical (unpaired) electrons. The van der Waals surface area contributed by atoms with Gasteiger partial charge in [-0.25, -0.2) is 4.98 Å². The summed E-state index contributed by atoms with van der Waals surface area (Å²) in [6, 6.07) is 8.62. The fraction of sp³-hybridized carbons (Fsp3) is 0.471. The van der Waals surface area contributed by atoms with Gasteiger partial charge in [-0.3, -0.25) is 4.57 Å². The summed E-state index contributed by atoms with van der Waals surface area (Å²) < 4.78 is 19.5. The lowest BCUT2D eigenvalue weighted by Crippen LogP contribution is -2.41. The standard InChI is InChI=1S/C17H23BN2O3/c1-12-9-7-8-10-13(12)20-11-14(19-15(20)21-6)18-22-16(2,3)17(4,5)23-18/h7-11H,1-6H3. The van der Waals surface area contributed by atoms with Crippen molar-refractivity contribution in [2.24, 2.45) is 0 Å². The van der Waals surface area contributed by atoms with Gasteiger partial charge in [0.15, 0.2) is 0 Å². The second-order valence-corrected chi connectivity index (χ2v) is 6.90. The summed E-state index contributed by atoms with van der Waals surface area (Å²) in [5, 5.41) is 0. The van der Waals surface area contributed by atoms with Crippen LogP contribution in [0.1, 0.15) is 33.3 Å². The molecule has 2 heterocycles. The Bertz CT molecular complexity index is 708. The molecule has 2 aromatic rings. The van der Waals surface area contributed by atoms with E-state index in [9.17, 15) is 0 Å². The third kappa shape index (κ3) is 2.66. The Hall–Kier alpha value is -1.79. The smallest absolute Gasteiger partial charge is 0.468 e. The molecule has 1 aromatic heterocycles. The maximum Gasteiger partial charge on any atom is 0.516 e. The van der Waals surface area contributed by atoms with Crippen LogP contribution >= 0.6 is 0 Å². The summed E-state index contributed by atoms with van der Waals surface area (Å²) in [5.41, 5.74) is 2.10. The van der Waals surface area contributed by atoms with Crippen LogP contribution in [-0.2, 0) is 9.31 Å². The van der Waals surface area contributed by atoms with Crippen LogP contribution in [0.15, 0.2) is 30.5 Å². The Morgan fingerprint density at radius 1 is 1.09 bits per heavy atom. The van der Waals surface area contributed by atoms with E-state index < -0.39 is 18.3 Å². The molecule has 0 atom stereocenters. The van der Waals surface area contributed by atoms with E-state index in [1.54, 1.807) is 7.11 Å². The quantitative estimate of drug-likeness (QED) is 0.817. The molecule has 6 heteroatoms. The Kier molecular flexibility index (Phi) is 3.77. The maximum atomic E-state index is 6.08. The average Bonchev–Trinajstić information content (AvgIpc) is 2.98. The maximum absolute atomic E-state index is 6.08. The van der Waals surface area contributed by atoms with E-state index >= 15 is 0 Å². The number of nitrogens with zero attached hydrogens (tertiary/aromatic N) is 2. The molecule has 0 aliphatic carbocycles. The van der Waals surface area contributed by atoms with Crippen molar-refractivity contribution in [1.82, 2.24) is 9.55 Å². The highest BCUT2D eigenvalue weighted by molar-refractivity contribution is 6.61. The minimum atomic E-state index is -0.501. The third-order valence-corrected chi connectivity index (χ3v) is 4.74. The number of aryl methyl sites for hydroxylation is 1. The molecule has 1 saturated heterocycles. The van der Waals surface area contributed by atoms with Crippen LogP contribution in [0, 0.1) is 6.92 Å². The fourth-order valence-electron chi connectivity index (χ4n) is 2.61. The van der Waals surface area contributed by atoms with Crippen molar-refractivity contribution < 1.29 is 14.0 Å². The largest absolute Gasteiger partial charge is 0.516 e. The molecule has 0 N–H and O–H groups in total. The van der Waals surface area contributed by atoms with E-state index in [1.165, 1.54) is 0 Å². The molecule has 5 nitrogen and oxygen atoms in total. The van der Waals surface area contributed by atoms with Gasteiger partial charge in [-0.2, -0.15) is 0 Å². The number of hydrogen-bond donors (Lipinski definition) is 0. The van der Waals surface area contributed by atoms with Gasteiger partial charge in [0.25, 0.3) is 6.01 Å². The third-order valence-electron chi connectivity index (χ3n) is 4.74. The topological polar surface area (TPSA) is 45.5 Å². The first-order valence-corrected chi connectivity index (χ1v) is 7.80. The summed E-state index contributed by atoms with van der Waals surface area (Å²) in [7, 11) is 1.12. The van der Waals surface area contributed by atoms with E-state index in [0.717, 1.165) is 11.3 Å². The molecule has 0 saturated carbocycles. The Morgan fingerprint density at radius 2 is 1.70 bits per heavy atom. The van der Waals surface area contributed by atoms with E-state index in [2.05, 4.69) is 18.0 Å². The van der Waals surface area contributed by atoms with Gasteiger partial charge in [0.2, 0.25) is 0 Å². The second kappa shape index (κ2) is 5.39. The summed E-state index contributed by atoms with van der Waals surface area (Å²) in [6.45, 7) is 10.2. The van der Waals surface area contributed by atoms with Crippen LogP contribution in [-0.4, -0.2) is 35.0 Å². The van der Waals surface area contributed by atoms with Gasteiger partial charge >= 0.3 is 7.12 Å². The SMILES string of the molecule is COc1nc(B2OC(C)(C)C(C)(C)O2)cn1-c1ccccc1C. The van der Waals surface area contributed by atoms with Gasteiger partial charge in [-0.05, 0) is 46.2 Å². The minimum absolute atomic E-state index is 0.392. The van der Waals surface area contributed by atoms with Crippen molar-refractivity contribution in [2.45, 2.75) is 45.8 Å². The van der Waals surface area contributed by atoms with E-state index in [-0.39, 0.29) is 0 Å². The highest BCUT2D eigenvalue weighted by atomic mass is 16.7. The predicted octanol–water partition coefficient (Wildman–Crippen LogP) is 2.49. The fourth-order valence-corrected chi connectivity index (χ4v) is 2.61. The highest BCUT2D eigenvalue weighted by Gasteiger charge is 2.52. The van der Waals surface area contributed by atoms with Crippen LogP contribution < -0.4 is 10.3 Å².